The van der Waals surface area contributed by atoms with E-state index < -0.39 is 0 Å². The molecule has 0 spiro atoms. The maximum Gasteiger partial charge on any atom is 0.242 e. The normalized spacial score (nSPS) is 34.3. The molecule has 0 aromatic carbocycles. The molecule has 3 fully saturated rings. The van der Waals surface area contributed by atoms with Gasteiger partial charge < -0.3 is 14.8 Å². The molecule has 136 valence electrons. The second kappa shape index (κ2) is 6.77. The molecule has 1 aliphatic heterocycles. The Bertz CT molecular complexity index is 625. The molecule has 4 rings (SSSR count). The van der Waals surface area contributed by atoms with Gasteiger partial charge in [0.2, 0.25) is 11.8 Å². The maximum absolute atomic E-state index is 12.5. The number of nitrogens with one attached hydrogen (secondary N) is 1. The quantitative estimate of drug-likeness (QED) is 0.885. The average molecular weight is 345 g/mol. The zero-order chi connectivity index (χ0) is 17.4. The van der Waals surface area contributed by atoms with Crippen LogP contribution in [0.25, 0.3) is 0 Å². The van der Waals surface area contributed by atoms with Crippen LogP contribution in [-0.2, 0) is 16.1 Å². The summed E-state index contributed by atoms with van der Waals surface area (Å²) < 4.78 is 1.71. The fourth-order valence-corrected chi connectivity index (χ4v) is 4.83. The Labute approximate surface area is 148 Å². The first kappa shape index (κ1) is 16.5. The van der Waals surface area contributed by atoms with E-state index in [-0.39, 0.29) is 23.8 Å². The predicted octanol–water partition coefficient (Wildman–Crippen LogP) is 1.07. The van der Waals surface area contributed by atoms with Crippen molar-refractivity contribution in [2.45, 2.75) is 51.6 Å². The number of rotatable bonds is 4. The number of carbonyl (C=O) groups is 2. The van der Waals surface area contributed by atoms with E-state index in [1.54, 1.807) is 17.2 Å². The van der Waals surface area contributed by atoms with Crippen LogP contribution < -0.4 is 5.32 Å². The first-order valence-corrected chi connectivity index (χ1v) is 9.50. The lowest BCUT2D eigenvalue weighted by Crippen LogP contribution is -2.49. The first-order valence-electron chi connectivity index (χ1n) is 9.50. The van der Waals surface area contributed by atoms with Crippen LogP contribution in [-0.4, -0.2) is 50.6 Å². The molecule has 2 aliphatic carbocycles. The highest BCUT2D eigenvalue weighted by Crippen LogP contribution is 2.38. The lowest BCUT2D eigenvalue weighted by atomic mass is 9.74. The molecule has 0 radical (unpaired) electrons. The number of aromatic nitrogens is 3. The lowest BCUT2D eigenvalue weighted by molar-refractivity contribution is -0.131. The monoisotopic (exact) mass is 345 g/mol. The van der Waals surface area contributed by atoms with Gasteiger partial charge in [0.05, 0.1) is 0 Å². The largest absolute Gasteiger partial charge is 0.353 e. The van der Waals surface area contributed by atoms with Crippen LogP contribution in [0.3, 0.4) is 0 Å². The van der Waals surface area contributed by atoms with Crippen LogP contribution in [0.1, 0.15) is 39.0 Å². The molecule has 1 N–H and O–H groups in total. The van der Waals surface area contributed by atoms with Gasteiger partial charge in [-0.05, 0) is 37.5 Å². The van der Waals surface area contributed by atoms with Gasteiger partial charge in [-0.1, -0.05) is 13.3 Å². The highest BCUT2D eigenvalue weighted by molar-refractivity contribution is 5.80. The molecule has 1 aromatic rings. The minimum atomic E-state index is 0.118. The third-order valence-corrected chi connectivity index (χ3v) is 6.31. The molecule has 3 atom stereocenters. The predicted molar refractivity (Wildman–Crippen MR) is 91.3 cm³/mol. The van der Waals surface area contributed by atoms with Crippen LogP contribution in [0.4, 0.5) is 0 Å². The number of nitrogens with zero attached hydrogens (tertiary/aromatic N) is 4. The minimum Gasteiger partial charge on any atom is -0.353 e. The zero-order valence-corrected chi connectivity index (χ0v) is 14.8. The van der Waals surface area contributed by atoms with Crippen molar-refractivity contribution >= 4 is 11.8 Å². The Hall–Kier alpha value is -1.92. The van der Waals surface area contributed by atoms with E-state index in [0.29, 0.717) is 24.3 Å². The molecule has 3 aliphatic rings. The van der Waals surface area contributed by atoms with Crippen molar-refractivity contribution in [1.29, 1.82) is 0 Å². The van der Waals surface area contributed by atoms with Gasteiger partial charge in [0.25, 0.3) is 0 Å². The van der Waals surface area contributed by atoms with E-state index in [9.17, 15) is 9.59 Å². The Morgan fingerprint density at radius 3 is 2.64 bits per heavy atom. The highest BCUT2D eigenvalue weighted by Gasteiger charge is 2.43. The third kappa shape index (κ3) is 3.41. The fraction of sp³-hybridized carbons (Fsp3) is 0.778. The molecular weight excluding hydrogens is 318 g/mol. The fourth-order valence-electron chi connectivity index (χ4n) is 4.83. The van der Waals surface area contributed by atoms with Crippen LogP contribution in [0.2, 0.25) is 0 Å². The lowest BCUT2D eigenvalue weighted by Gasteiger charge is -2.37. The maximum atomic E-state index is 12.5. The molecule has 25 heavy (non-hydrogen) atoms. The van der Waals surface area contributed by atoms with Crippen LogP contribution in [0.5, 0.6) is 0 Å². The van der Waals surface area contributed by atoms with E-state index in [2.05, 4.69) is 22.4 Å². The van der Waals surface area contributed by atoms with Crippen molar-refractivity contribution < 1.29 is 9.59 Å². The molecule has 1 saturated heterocycles. The molecule has 2 amide bonds. The summed E-state index contributed by atoms with van der Waals surface area (Å²) in [5.41, 5.74) is 0. The number of hydrogen-bond acceptors (Lipinski definition) is 4. The summed E-state index contributed by atoms with van der Waals surface area (Å²) in [6, 6.07) is 0.231. The number of fused-ring (bicyclic) bond motifs is 1. The second-order valence-corrected chi connectivity index (χ2v) is 8.18. The summed E-state index contributed by atoms with van der Waals surface area (Å²) in [6.07, 6.45) is 8.54. The topological polar surface area (TPSA) is 80.1 Å². The molecule has 2 saturated carbocycles. The summed E-state index contributed by atoms with van der Waals surface area (Å²) in [4.78, 5) is 27.0. The van der Waals surface area contributed by atoms with Crippen molar-refractivity contribution in [2.75, 3.05) is 13.1 Å². The molecular formula is C18H27N5O2. The summed E-state index contributed by atoms with van der Waals surface area (Å²) in [5, 5.41) is 10.8. The first-order chi connectivity index (χ1) is 12.1. The van der Waals surface area contributed by atoms with Crippen LogP contribution >= 0.6 is 0 Å². The summed E-state index contributed by atoms with van der Waals surface area (Å²) in [7, 11) is 0. The molecule has 3 unspecified atom stereocenters. The Kier molecular flexibility index (Phi) is 4.48. The van der Waals surface area contributed by atoms with Crippen molar-refractivity contribution in [3.63, 3.8) is 0 Å². The Morgan fingerprint density at radius 1 is 1.16 bits per heavy atom. The SMILES string of the molecule is CC1CC(C(=O)NC2CCCC3CN(C(=O)Cn4cnnc4)CC32)C1. The van der Waals surface area contributed by atoms with E-state index in [1.807, 2.05) is 4.90 Å². The van der Waals surface area contributed by atoms with Gasteiger partial charge >= 0.3 is 0 Å². The van der Waals surface area contributed by atoms with Gasteiger partial charge in [-0.3, -0.25) is 9.59 Å². The van der Waals surface area contributed by atoms with Crippen LogP contribution in [0.15, 0.2) is 12.7 Å². The third-order valence-electron chi connectivity index (χ3n) is 6.31. The number of carbonyl (C=O) groups excluding carboxylic acids is 2. The number of hydrogen-bond donors (Lipinski definition) is 1. The van der Waals surface area contributed by atoms with E-state index in [4.69, 9.17) is 0 Å². The van der Waals surface area contributed by atoms with Crippen molar-refractivity contribution in [1.82, 2.24) is 25.0 Å². The van der Waals surface area contributed by atoms with Gasteiger partial charge in [0, 0.05) is 31.0 Å². The molecule has 2 heterocycles. The van der Waals surface area contributed by atoms with Gasteiger partial charge in [-0.2, -0.15) is 0 Å². The Balaban J connectivity index is 1.35. The van der Waals surface area contributed by atoms with Crippen molar-refractivity contribution in [3.05, 3.63) is 12.7 Å². The van der Waals surface area contributed by atoms with Crippen LogP contribution in [0, 0.1) is 23.7 Å². The minimum absolute atomic E-state index is 0.118. The van der Waals surface area contributed by atoms with Gasteiger partial charge in [-0.15, -0.1) is 10.2 Å². The summed E-state index contributed by atoms with van der Waals surface area (Å²) >= 11 is 0. The molecule has 7 heteroatoms. The van der Waals surface area contributed by atoms with Gasteiger partial charge in [0.15, 0.2) is 0 Å². The molecule has 7 nitrogen and oxygen atoms in total. The summed E-state index contributed by atoms with van der Waals surface area (Å²) in [5.74, 6) is 2.17. The number of amides is 2. The van der Waals surface area contributed by atoms with Crippen molar-refractivity contribution in [2.24, 2.45) is 23.7 Å². The summed E-state index contributed by atoms with van der Waals surface area (Å²) in [6.45, 7) is 4.08. The average Bonchev–Trinajstić information content (AvgIpc) is 3.21. The Morgan fingerprint density at radius 2 is 1.92 bits per heavy atom. The smallest absolute Gasteiger partial charge is 0.242 e. The second-order valence-electron chi connectivity index (χ2n) is 8.18. The van der Waals surface area contributed by atoms with E-state index in [0.717, 1.165) is 45.2 Å². The standard InChI is InChI=1S/C18H27N5O2/c1-12-5-14(6-12)18(25)21-16-4-2-3-13-7-23(8-15(13)16)17(24)9-22-10-19-20-11-22/h10-16H,2-9H2,1H3,(H,21,25). The van der Waals surface area contributed by atoms with Gasteiger partial charge in [0.1, 0.15) is 19.2 Å². The zero-order valence-electron chi connectivity index (χ0n) is 14.8. The van der Waals surface area contributed by atoms with E-state index in [1.165, 1.54) is 0 Å². The molecule has 1 aromatic heterocycles. The molecule has 0 bridgehead atoms. The highest BCUT2D eigenvalue weighted by atomic mass is 16.2. The van der Waals surface area contributed by atoms with E-state index >= 15 is 0 Å². The number of likely N-dealkylation sites (tertiary alicyclic amines) is 1. The van der Waals surface area contributed by atoms with Crippen molar-refractivity contribution in [3.8, 4) is 0 Å². The van der Waals surface area contributed by atoms with Gasteiger partial charge in [-0.25, -0.2) is 0 Å².